The standard InChI is InChI=1S/C16H20N2O2/c1-13(2)12-18(11-5-10-17)15-7-4-3-6-14(15)8-9-16(19)20/h3-4,6-9,13H,5,11-12H2,1-2H3,(H,19,20). The number of carboxylic acid groups (broad SMARTS) is 1. The van der Waals surface area contributed by atoms with Crippen LogP contribution in [-0.4, -0.2) is 24.2 Å². The van der Waals surface area contributed by atoms with Crippen molar-refractivity contribution in [3.63, 3.8) is 0 Å². The molecule has 0 atom stereocenters. The van der Waals surface area contributed by atoms with Crippen LogP contribution >= 0.6 is 0 Å². The summed E-state index contributed by atoms with van der Waals surface area (Å²) in [6, 6.07) is 9.80. The van der Waals surface area contributed by atoms with Crippen LogP contribution in [0.25, 0.3) is 6.08 Å². The van der Waals surface area contributed by atoms with Crippen molar-refractivity contribution >= 4 is 17.7 Å². The summed E-state index contributed by atoms with van der Waals surface area (Å²) in [4.78, 5) is 12.8. The van der Waals surface area contributed by atoms with Crippen molar-refractivity contribution in [2.24, 2.45) is 5.92 Å². The molecular formula is C16H20N2O2. The first-order valence-corrected chi connectivity index (χ1v) is 6.66. The molecule has 1 aromatic carbocycles. The summed E-state index contributed by atoms with van der Waals surface area (Å²) >= 11 is 0. The molecule has 0 heterocycles. The van der Waals surface area contributed by atoms with E-state index < -0.39 is 5.97 Å². The quantitative estimate of drug-likeness (QED) is 0.774. The van der Waals surface area contributed by atoms with Crippen molar-refractivity contribution in [3.8, 4) is 6.07 Å². The number of carboxylic acids is 1. The third kappa shape index (κ3) is 5.15. The smallest absolute Gasteiger partial charge is 0.328 e. The van der Waals surface area contributed by atoms with E-state index in [1.807, 2.05) is 24.3 Å². The second-order valence-electron chi connectivity index (χ2n) is 4.98. The third-order valence-electron chi connectivity index (χ3n) is 2.76. The SMILES string of the molecule is CC(C)CN(CCC#N)c1ccccc1C=CC(=O)O. The van der Waals surface area contributed by atoms with Gasteiger partial charge in [-0.15, -0.1) is 0 Å². The number of carbonyl (C=O) groups is 1. The number of rotatable bonds is 7. The maximum Gasteiger partial charge on any atom is 0.328 e. The second-order valence-corrected chi connectivity index (χ2v) is 4.98. The van der Waals surface area contributed by atoms with Gasteiger partial charge >= 0.3 is 5.97 Å². The Hall–Kier alpha value is -2.28. The van der Waals surface area contributed by atoms with Gasteiger partial charge in [0, 0.05) is 24.9 Å². The number of nitrogens with zero attached hydrogens (tertiary/aromatic N) is 2. The predicted molar refractivity (Wildman–Crippen MR) is 80.4 cm³/mol. The fourth-order valence-electron chi connectivity index (χ4n) is 2.01. The molecule has 0 fully saturated rings. The van der Waals surface area contributed by atoms with Gasteiger partial charge in [-0.3, -0.25) is 0 Å². The maximum absolute atomic E-state index is 10.7. The molecule has 0 saturated heterocycles. The van der Waals surface area contributed by atoms with E-state index in [4.69, 9.17) is 10.4 Å². The van der Waals surface area contributed by atoms with E-state index >= 15 is 0 Å². The van der Waals surface area contributed by atoms with Crippen LogP contribution in [0.1, 0.15) is 25.8 Å². The first-order chi connectivity index (χ1) is 9.54. The lowest BCUT2D eigenvalue weighted by Gasteiger charge is -2.27. The zero-order chi connectivity index (χ0) is 15.0. The molecule has 0 aliphatic rings. The van der Waals surface area contributed by atoms with E-state index in [0.717, 1.165) is 23.9 Å². The highest BCUT2D eigenvalue weighted by Gasteiger charge is 2.11. The van der Waals surface area contributed by atoms with Crippen molar-refractivity contribution in [3.05, 3.63) is 35.9 Å². The Morgan fingerprint density at radius 2 is 2.15 bits per heavy atom. The average molecular weight is 272 g/mol. The number of aliphatic carboxylic acids is 1. The minimum absolute atomic E-state index is 0.448. The minimum atomic E-state index is -0.966. The molecule has 4 nitrogen and oxygen atoms in total. The van der Waals surface area contributed by atoms with Gasteiger partial charge in [0.1, 0.15) is 0 Å². The van der Waals surface area contributed by atoms with Crippen LogP contribution < -0.4 is 4.90 Å². The zero-order valence-corrected chi connectivity index (χ0v) is 11.9. The molecule has 0 unspecified atom stereocenters. The summed E-state index contributed by atoms with van der Waals surface area (Å²) in [5.41, 5.74) is 1.82. The average Bonchev–Trinajstić information content (AvgIpc) is 2.41. The predicted octanol–water partition coefficient (Wildman–Crippen LogP) is 3.16. The highest BCUT2D eigenvalue weighted by Crippen LogP contribution is 2.23. The van der Waals surface area contributed by atoms with Crippen LogP contribution in [0.5, 0.6) is 0 Å². The van der Waals surface area contributed by atoms with Gasteiger partial charge in [0.05, 0.1) is 12.5 Å². The van der Waals surface area contributed by atoms with E-state index in [0.29, 0.717) is 18.9 Å². The Labute approximate surface area is 119 Å². The minimum Gasteiger partial charge on any atom is -0.478 e. The van der Waals surface area contributed by atoms with Gasteiger partial charge in [-0.2, -0.15) is 5.26 Å². The number of anilines is 1. The zero-order valence-electron chi connectivity index (χ0n) is 11.9. The number of benzene rings is 1. The van der Waals surface area contributed by atoms with Gasteiger partial charge in [-0.1, -0.05) is 32.0 Å². The van der Waals surface area contributed by atoms with E-state index in [9.17, 15) is 4.79 Å². The van der Waals surface area contributed by atoms with Crippen LogP contribution in [-0.2, 0) is 4.79 Å². The van der Waals surface area contributed by atoms with Gasteiger partial charge < -0.3 is 10.0 Å². The van der Waals surface area contributed by atoms with Crippen LogP contribution in [0.3, 0.4) is 0 Å². The monoisotopic (exact) mass is 272 g/mol. The molecule has 0 aliphatic heterocycles. The summed E-state index contributed by atoms with van der Waals surface area (Å²) in [7, 11) is 0. The van der Waals surface area contributed by atoms with E-state index in [-0.39, 0.29) is 0 Å². The van der Waals surface area contributed by atoms with Gasteiger partial charge in [-0.25, -0.2) is 4.79 Å². The molecule has 0 amide bonds. The molecule has 1 N–H and O–H groups in total. The Balaban J connectivity index is 3.05. The van der Waals surface area contributed by atoms with E-state index in [1.165, 1.54) is 0 Å². The van der Waals surface area contributed by atoms with Crippen molar-refractivity contribution in [2.75, 3.05) is 18.0 Å². The van der Waals surface area contributed by atoms with Crippen molar-refractivity contribution in [1.82, 2.24) is 0 Å². The normalized spacial score (nSPS) is 10.7. The number of hydrogen-bond acceptors (Lipinski definition) is 3. The van der Waals surface area contributed by atoms with Crippen LogP contribution in [0, 0.1) is 17.2 Å². The molecule has 106 valence electrons. The molecule has 0 aromatic heterocycles. The largest absolute Gasteiger partial charge is 0.478 e. The van der Waals surface area contributed by atoms with Gasteiger partial charge in [0.2, 0.25) is 0 Å². The molecule has 20 heavy (non-hydrogen) atoms. The summed E-state index contributed by atoms with van der Waals surface area (Å²) in [5, 5.41) is 17.5. The lowest BCUT2D eigenvalue weighted by atomic mass is 10.1. The summed E-state index contributed by atoms with van der Waals surface area (Å²) in [5.74, 6) is -0.502. The van der Waals surface area contributed by atoms with Crippen molar-refractivity contribution in [1.29, 1.82) is 5.26 Å². The number of para-hydroxylation sites is 1. The van der Waals surface area contributed by atoms with Crippen molar-refractivity contribution < 1.29 is 9.90 Å². The first-order valence-electron chi connectivity index (χ1n) is 6.66. The second kappa shape index (κ2) is 8.00. The lowest BCUT2D eigenvalue weighted by Crippen LogP contribution is -2.29. The molecule has 0 saturated carbocycles. The number of hydrogen-bond donors (Lipinski definition) is 1. The Morgan fingerprint density at radius 3 is 2.75 bits per heavy atom. The third-order valence-corrected chi connectivity index (χ3v) is 2.76. The van der Waals surface area contributed by atoms with E-state index in [2.05, 4.69) is 24.8 Å². The van der Waals surface area contributed by atoms with Crippen molar-refractivity contribution in [2.45, 2.75) is 20.3 Å². The van der Waals surface area contributed by atoms with Crippen LogP contribution in [0.2, 0.25) is 0 Å². The summed E-state index contributed by atoms with van der Waals surface area (Å²) < 4.78 is 0. The highest BCUT2D eigenvalue weighted by molar-refractivity contribution is 5.87. The first kappa shape index (κ1) is 15.8. The summed E-state index contributed by atoms with van der Waals surface area (Å²) in [6.07, 6.45) is 3.18. The van der Waals surface area contributed by atoms with Crippen LogP contribution in [0.15, 0.2) is 30.3 Å². The molecule has 0 spiro atoms. The molecular weight excluding hydrogens is 252 g/mol. The topological polar surface area (TPSA) is 64.3 Å². The Kier molecular flexibility index (Phi) is 6.31. The molecule has 0 radical (unpaired) electrons. The number of nitriles is 1. The van der Waals surface area contributed by atoms with Gasteiger partial charge in [0.15, 0.2) is 0 Å². The van der Waals surface area contributed by atoms with Gasteiger partial charge in [0.25, 0.3) is 0 Å². The van der Waals surface area contributed by atoms with E-state index in [1.54, 1.807) is 6.08 Å². The maximum atomic E-state index is 10.7. The van der Waals surface area contributed by atoms with Gasteiger partial charge in [-0.05, 0) is 23.6 Å². The van der Waals surface area contributed by atoms with Crippen LogP contribution in [0.4, 0.5) is 5.69 Å². The fraction of sp³-hybridized carbons (Fsp3) is 0.375. The fourth-order valence-corrected chi connectivity index (χ4v) is 2.01. The lowest BCUT2D eigenvalue weighted by molar-refractivity contribution is -0.131. The molecule has 1 aromatic rings. The summed E-state index contributed by atoms with van der Waals surface area (Å²) in [6.45, 7) is 5.72. The Morgan fingerprint density at radius 1 is 1.45 bits per heavy atom. The molecule has 4 heteroatoms. The molecule has 1 rings (SSSR count). The molecule has 0 bridgehead atoms. The highest BCUT2D eigenvalue weighted by atomic mass is 16.4. The Bertz CT molecular complexity index is 515. The molecule has 0 aliphatic carbocycles.